The van der Waals surface area contributed by atoms with Crippen molar-refractivity contribution in [1.82, 2.24) is 0 Å². The maximum Gasteiger partial charge on any atom is 0.190 e. The van der Waals surface area contributed by atoms with Crippen LogP contribution in [-0.4, -0.2) is 26.1 Å². The molecule has 0 aliphatic carbocycles. The molecule has 2 rings (SSSR count). The van der Waals surface area contributed by atoms with Crippen molar-refractivity contribution in [3.05, 3.63) is 60.2 Å². The van der Waals surface area contributed by atoms with Crippen molar-refractivity contribution in [3.63, 3.8) is 0 Å². The van der Waals surface area contributed by atoms with Crippen LogP contribution in [0.2, 0.25) is 0 Å². The molecule has 0 heterocycles. The molecule has 4 nitrogen and oxygen atoms in total. The van der Waals surface area contributed by atoms with E-state index in [0.29, 0.717) is 11.3 Å². The minimum Gasteiger partial charge on any atom is -0.497 e. The Morgan fingerprint density at radius 3 is 2.00 bits per heavy atom. The molecule has 22 heavy (non-hydrogen) atoms. The average Bonchev–Trinajstić information content (AvgIpc) is 2.54. The first-order valence-corrected chi connectivity index (χ1v) is 8.27. The lowest BCUT2D eigenvalue weighted by molar-refractivity contribution is 0.0953. The Morgan fingerprint density at radius 2 is 1.50 bits per heavy atom. The number of hydrogen-bond donors (Lipinski definition) is 0. The number of carbonyl (C=O) groups is 1. The van der Waals surface area contributed by atoms with Gasteiger partial charge in [-0.05, 0) is 50.2 Å². The van der Waals surface area contributed by atoms with Crippen LogP contribution in [0.4, 0.5) is 0 Å². The van der Waals surface area contributed by atoms with Gasteiger partial charge in [-0.3, -0.25) is 4.79 Å². The van der Waals surface area contributed by atoms with Gasteiger partial charge in [0.1, 0.15) is 10.5 Å². The number of carbonyl (C=O) groups excluding carboxylic acids is 1. The highest BCUT2D eigenvalue weighted by Crippen LogP contribution is 2.29. The second-order valence-corrected chi connectivity index (χ2v) is 7.88. The molecule has 0 saturated carbocycles. The van der Waals surface area contributed by atoms with Crippen LogP contribution in [0, 0.1) is 0 Å². The molecule has 0 spiro atoms. The summed E-state index contributed by atoms with van der Waals surface area (Å²) in [7, 11) is -2.25. The predicted octanol–water partition coefficient (Wildman–Crippen LogP) is 3.13. The molecule has 0 aliphatic rings. The minimum atomic E-state index is -3.78. The lowest BCUT2D eigenvalue weighted by Gasteiger charge is -2.23. The minimum absolute atomic E-state index is 0.141. The normalized spacial score (nSPS) is 12.0. The quantitative estimate of drug-likeness (QED) is 0.795. The first-order chi connectivity index (χ1) is 10.3. The van der Waals surface area contributed by atoms with Gasteiger partial charge < -0.3 is 4.74 Å². The number of sulfone groups is 1. The van der Waals surface area contributed by atoms with Crippen LogP contribution in [0.15, 0.2) is 59.5 Å². The molecule has 0 N–H and O–H groups in total. The standard InChI is InChI=1S/C17H18O4S/c1-17(2,22(19,20)15-7-5-4-6-8-15)16(18)13-9-11-14(21-3)12-10-13/h4-12H,1-3H3. The van der Waals surface area contributed by atoms with Crippen molar-refractivity contribution in [2.45, 2.75) is 23.5 Å². The van der Waals surface area contributed by atoms with E-state index in [1.807, 2.05) is 0 Å². The van der Waals surface area contributed by atoms with Crippen LogP contribution in [-0.2, 0) is 9.84 Å². The van der Waals surface area contributed by atoms with E-state index in [-0.39, 0.29) is 4.90 Å². The number of methoxy groups -OCH3 is 1. The fourth-order valence-corrected chi connectivity index (χ4v) is 3.57. The summed E-state index contributed by atoms with van der Waals surface area (Å²) in [5, 5.41) is 0. The molecular weight excluding hydrogens is 300 g/mol. The van der Waals surface area contributed by atoms with Crippen molar-refractivity contribution in [2.24, 2.45) is 0 Å². The van der Waals surface area contributed by atoms with Crippen molar-refractivity contribution in [2.75, 3.05) is 7.11 Å². The molecule has 0 amide bonds. The maximum atomic E-state index is 12.7. The van der Waals surface area contributed by atoms with Gasteiger partial charge in [-0.25, -0.2) is 8.42 Å². The number of rotatable bonds is 5. The van der Waals surface area contributed by atoms with Gasteiger partial charge in [-0.1, -0.05) is 18.2 Å². The first kappa shape index (κ1) is 16.2. The number of benzene rings is 2. The van der Waals surface area contributed by atoms with Gasteiger partial charge in [-0.15, -0.1) is 0 Å². The molecule has 0 bridgehead atoms. The van der Waals surface area contributed by atoms with Crippen molar-refractivity contribution >= 4 is 15.6 Å². The van der Waals surface area contributed by atoms with Crippen LogP contribution < -0.4 is 4.74 Å². The summed E-state index contributed by atoms with van der Waals surface area (Å²) in [6, 6.07) is 14.4. The molecule has 0 unspecified atom stereocenters. The van der Waals surface area contributed by atoms with E-state index in [0.717, 1.165) is 0 Å². The highest BCUT2D eigenvalue weighted by molar-refractivity contribution is 7.93. The van der Waals surface area contributed by atoms with Gasteiger partial charge in [-0.2, -0.15) is 0 Å². The number of Topliss-reactive ketones (excluding diaryl/α,β-unsaturated/α-hetero) is 1. The van der Waals surface area contributed by atoms with Crippen LogP contribution in [0.25, 0.3) is 0 Å². The highest BCUT2D eigenvalue weighted by atomic mass is 32.2. The molecule has 0 fully saturated rings. The first-order valence-electron chi connectivity index (χ1n) is 6.79. The summed E-state index contributed by atoms with van der Waals surface area (Å²) in [4.78, 5) is 12.8. The van der Waals surface area contributed by atoms with E-state index in [2.05, 4.69) is 0 Å². The van der Waals surface area contributed by atoms with Gasteiger partial charge in [0.15, 0.2) is 15.6 Å². The zero-order valence-electron chi connectivity index (χ0n) is 12.7. The summed E-state index contributed by atoms with van der Waals surface area (Å²) in [6.45, 7) is 2.86. The van der Waals surface area contributed by atoms with Crippen molar-refractivity contribution < 1.29 is 17.9 Å². The maximum absolute atomic E-state index is 12.7. The van der Waals surface area contributed by atoms with Crippen molar-refractivity contribution in [1.29, 1.82) is 0 Å². The molecule has 0 aromatic heterocycles. The zero-order valence-corrected chi connectivity index (χ0v) is 13.6. The molecule has 116 valence electrons. The van der Waals surface area contributed by atoms with E-state index in [9.17, 15) is 13.2 Å². The molecule has 2 aromatic rings. The fourth-order valence-electron chi connectivity index (χ4n) is 2.11. The van der Waals surface area contributed by atoms with Crippen LogP contribution in [0.5, 0.6) is 5.75 Å². The molecule has 2 aromatic carbocycles. The molecule has 0 saturated heterocycles. The second-order valence-electron chi connectivity index (χ2n) is 5.38. The highest BCUT2D eigenvalue weighted by Gasteiger charge is 2.42. The molecule has 5 heteroatoms. The van der Waals surface area contributed by atoms with Crippen LogP contribution in [0.1, 0.15) is 24.2 Å². The van der Waals surface area contributed by atoms with Gasteiger partial charge >= 0.3 is 0 Å². The average molecular weight is 318 g/mol. The fraction of sp³-hybridized carbons (Fsp3) is 0.235. The number of hydrogen-bond acceptors (Lipinski definition) is 4. The summed E-state index contributed by atoms with van der Waals surface area (Å²) in [5.74, 6) is 0.166. The molecular formula is C17H18O4S. The van der Waals surface area contributed by atoms with E-state index in [1.165, 1.54) is 33.1 Å². The Labute approximate surface area is 130 Å². The lowest BCUT2D eigenvalue weighted by atomic mass is 10.0. The van der Waals surface area contributed by atoms with Gasteiger partial charge in [0.05, 0.1) is 12.0 Å². The van der Waals surface area contributed by atoms with E-state index >= 15 is 0 Å². The molecule has 0 atom stereocenters. The van der Waals surface area contributed by atoms with Gasteiger partial charge in [0.2, 0.25) is 0 Å². The summed E-state index contributed by atoms with van der Waals surface area (Å²) < 4.78 is 29.0. The predicted molar refractivity (Wildman–Crippen MR) is 85.0 cm³/mol. The third-order valence-electron chi connectivity index (χ3n) is 3.62. The third-order valence-corrected chi connectivity index (χ3v) is 6.05. The van der Waals surface area contributed by atoms with E-state index < -0.39 is 20.4 Å². The Hall–Kier alpha value is -2.14. The Morgan fingerprint density at radius 1 is 0.955 bits per heavy atom. The smallest absolute Gasteiger partial charge is 0.190 e. The van der Waals surface area contributed by atoms with Gasteiger partial charge in [0, 0.05) is 5.56 Å². The summed E-state index contributed by atoms with van der Waals surface area (Å²) >= 11 is 0. The Kier molecular flexibility index (Phi) is 4.37. The van der Waals surface area contributed by atoms with E-state index in [4.69, 9.17) is 4.74 Å². The number of ether oxygens (including phenoxy) is 1. The van der Waals surface area contributed by atoms with Crippen molar-refractivity contribution in [3.8, 4) is 5.75 Å². The van der Waals surface area contributed by atoms with E-state index in [1.54, 1.807) is 42.5 Å². The summed E-state index contributed by atoms with van der Waals surface area (Å²) in [5.41, 5.74) is 0.338. The van der Waals surface area contributed by atoms with Crippen LogP contribution >= 0.6 is 0 Å². The molecule has 0 radical (unpaired) electrons. The number of ketones is 1. The van der Waals surface area contributed by atoms with Crippen LogP contribution in [0.3, 0.4) is 0 Å². The largest absolute Gasteiger partial charge is 0.497 e. The molecule has 0 aliphatic heterocycles. The lowest BCUT2D eigenvalue weighted by Crippen LogP contribution is -2.40. The monoisotopic (exact) mass is 318 g/mol. The third kappa shape index (κ3) is 2.76. The summed E-state index contributed by atoms with van der Waals surface area (Å²) in [6.07, 6.45) is 0. The Balaban J connectivity index is 2.42. The Bertz CT molecular complexity index is 760. The SMILES string of the molecule is COc1ccc(C(=O)C(C)(C)S(=O)(=O)c2ccccc2)cc1. The van der Waals surface area contributed by atoms with Gasteiger partial charge in [0.25, 0.3) is 0 Å². The topological polar surface area (TPSA) is 60.4 Å². The second kappa shape index (κ2) is 5.93. The zero-order chi connectivity index (χ0) is 16.4.